The third kappa shape index (κ3) is 3.84. The van der Waals surface area contributed by atoms with Gasteiger partial charge in [-0.25, -0.2) is 15.0 Å². The molecule has 0 spiro atoms. The molecule has 0 bridgehead atoms. The molecule has 0 saturated carbocycles. The van der Waals surface area contributed by atoms with Crippen LogP contribution in [0.1, 0.15) is 5.82 Å². The first-order chi connectivity index (χ1) is 24.7. The molecule has 4 nitrogen and oxygen atoms in total. The molecule has 0 aliphatic heterocycles. The maximum atomic E-state index is 4.96. The summed E-state index contributed by atoms with van der Waals surface area (Å²) >= 11 is 0. The number of aryl methyl sites for hydroxylation is 1. The van der Waals surface area contributed by atoms with E-state index < -0.39 is 0 Å². The Kier molecular flexibility index (Phi) is 5.56. The van der Waals surface area contributed by atoms with E-state index in [1.54, 1.807) is 0 Å². The molecule has 50 heavy (non-hydrogen) atoms. The third-order valence-electron chi connectivity index (χ3n) is 10.5. The summed E-state index contributed by atoms with van der Waals surface area (Å²) in [6.45, 7) is 2.05. The Bertz CT molecular complexity index is 3130. The molecule has 9 aromatic carbocycles. The second kappa shape index (κ2) is 10.2. The van der Waals surface area contributed by atoms with Crippen molar-refractivity contribution in [3.8, 4) is 28.2 Å². The van der Waals surface area contributed by atoms with Gasteiger partial charge in [-0.15, -0.1) is 0 Å². The number of hydrogen-bond acceptors (Lipinski definition) is 3. The van der Waals surface area contributed by atoms with Gasteiger partial charge in [-0.1, -0.05) is 103 Å². The van der Waals surface area contributed by atoms with E-state index in [1.165, 1.54) is 64.6 Å². The molecule has 0 aliphatic rings. The van der Waals surface area contributed by atoms with Crippen molar-refractivity contribution in [2.75, 3.05) is 0 Å². The van der Waals surface area contributed by atoms with Gasteiger partial charge in [0.05, 0.1) is 11.0 Å². The normalized spacial score (nSPS) is 12.1. The Labute approximate surface area is 287 Å². The van der Waals surface area contributed by atoms with Gasteiger partial charge in [0.1, 0.15) is 5.82 Å². The van der Waals surface area contributed by atoms with Gasteiger partial charge in [0.15, 0.2) is 5.82 Å². The molecule has 11 aromatic rings. The van der Waals surface area contributed by atoms with Crippen molar-refractivity contribution >= 4 is 75.7 Å². The van der Waals surface area contributed by atoms with Crippen LogP contribution in [0.4, 0.5) is 0 Å². The summed E-state index contributed by atoms with van der Waals surface area (Å²) in [5, 5.41) is 15.1. The zero-order chi connectivity index (χ0) is 32.9. The largest absolute Gasteiger partial charge is 0.297 e. The topological polar surface area (TPSA) is 43.6 Å². The highest BCUT2D eigenvalue weighted by atomic mass is 15.1. The van der Waals surface area contributed by atoms with Crippen molar-refractivity contribution in [1.29, 1.82) is 0 Å². The van der Waals surface area contributed by atoms with E-state index in [9.17, 15) is 0 Å². The van der Waals surface area contributed by atoms with Gasteiger partial charge in [0.2, 0.25) is 0 Å². The van der Waals surface area contributed by atoms with Crippen LogP contribution in [0.3, 0.4) is 0 Å². The van der Waals surface area contributed by atoms with Gasteiger partial charge < -0.3 is 0 Å². The van der Waals surface area contributed by atoms with E-state index >= 15 is 0 Å². The third-order valence-corrected chi connectivity index (χ3v) is 10.5. The number of imidazole rings is 1. The smallest absolute Gasteiger partial charge is 0.159 e. The van der Waals surface area contributed by atoms with Gasteiger partial charge in [0, 0.05) is 29.2 Å². The highest BCUT2D eigenvalue weighted by molar-refractivity contribution is 6.37. The molecule has 0 radical (unpaired) electrons. The molecule has 4 heteroatoms. The Morgan fingerprint density at radius 2 is 1.02 bits per heavy atom. The second-order valence-corrected chi connectivity index (χ2v) is 13.3. The molecular weight excluding hydrogens is 609 g/mol. The maximum absolute atomic E-state index is 4.96. The number of fused-ring (bicyclic) bond motifs is 3. The SMILES string of the molecule is Cc1nc2cc(-c3cnc(-c4cc5ccc6cccc7c8cccc9ccc%10cccc(c(c4)c5c67)c%10c98)nc3)ccc2n1-c1ccccc1. The number of hydrogen-bond donors (Lipinski definition) is 0. The standard InChI is InChI=1S/C46H28N4/c1-27-49-40-24-31(20-21-41(40)50(27)35-11-3-2-4-12-35)34-25-47-46(48-26-34)33-22-32-19-18-30-9-6-14-37-36-13-5-8-28-16-17-29-10-7-15-38(44(29)42(28)36)39(23-33)45(32)43(30)37/h2-26H,1H3. The van der Waals surface area contributed by atoms with Gasteiger partial charge in [-0.05, 0) is 114 Å². The molecule has 11 rings (SSSR count). The number of para-hydroxylation sites is 1. The molecule has 0 N–H and O–H groups in total. The molecule has 0 saturated heterocycles. The van der Waals surface area contributed by atoms with Gasteiger partial charge in [-0.3, -0.25) is 4.57 Å². The minimum atomic E-state index is 0.707. The van der Waals surface area contributed by atoms with Crippen LogP contribution in [0, 0.1) is 6.92 Å². The minimum Gasteiger partial charge on any atom is -0.297 e. The van der Waals surface area contributed by atoms with Crippen molar-refractivity contribution in [3.05, 3.63) is 158 Å². The van der Waals surface area contributed by atoms with Crippen molar-refractivity contribution in [2.24, 2.45) is 0 Å². The van der Waals surface area contributed by atoms with E-state index in [0.29, 0.717) is 5.82 Å². The Morgan fingerprint density at radius 1 is 0.440 bits per heavy atom. The average Bonchev–Trinajstić information content (AvgIpc) is 3.51. The Balaban J connectivity index is 1.12. The monoisotopic (exact) mass is 636 g/mol. The van der Waals surface area contributed by atoms with E-state index in [0.717, 1.165) is 39.2 Å². The van der Waals surface area contributed by atoms with Crippen LogP contribution in [-0.4, -0.2) is 19.5 Å². The van der Waals surface area contributed by atoms with E-state index in [2.05, 4.69) is 145 Å². The Hall–Kier alpha value is -6.65. The summed E-state index contributed by atoms with van der Waals surface area (Å²) in [5.41, 5.74) is 6.14. The van der Waals surface area contributed by atoms with Crippen LogP contribution < -0.4 is 0 Å². The summed E-state index contributed by atoms with van der Waals surface area (Å²) in [6.07, 6.45) is 3.88. The molecule has 2 aromatic heterocycles. The molecule has 0 amide bonds. The van der Waals surface area contributed by atoms with Crippen LogP contribution in [0.15, 0.2) is 152 Å². The second-order valence-electron chi connectivity index (χ2n) is 13.3. The van der Waals surface area contributed by atoms with Gasteiger partial charge in [0.25, 0.3) is 0 Å². The highest BCUT2D eigenvalue weighted by Crippen LogP contribution is 2.44. The first-order valence-electron chi connectivity index (χ1n) is 17.0. The zero-order valence-corrected chi connectivity index (χ0v) is 27.2. The number of nitrogens with zero attached hydrogens (tertiary/aromatic N) is 4. The van der Waals surface area contributed by atoms with Crippen molar-refractivity contribution in [1.82, 2.24) is 19.5 Å². The quantitative estimate of drug-likeness (QED) is 0.181. The van der Waals surface area contributed by atoms with Crippen molar-refractivity contribution < 1.29 is 0 Å². The van der Waals surface area contributed by atoms with E-state index in [4.69, 9.17) is 15.0 Å². The predicted octanol–water partition coefficient (Wildman–Crippen LogP) is 11.8. The fourth-order valence-electron chi connectivity index (χ4n) is 8.32. The summed E-state index contributed by atoms with van der Waals surface area (Å²) in [7, 11) is 0. The molecule has 2 heterocycles. The summed E-state index contributed by atoms with van der Waals surface area (Å²) in [5.74, 6) is 1.66. The van der Waals surface area contributed by atoms with Crippen LogP contribution in [-0.2, 0) is 0 Å². The fraction of sp³-hybridized carbons (Fsp3) is 0.0217. The lowest BCUT2D eigenvalue weighted by Gasteiger charge is -2.16. The lowest BCUT2D eigenvalue weighted by molar-refractivity contribution is 1.00. The lowest BCUT2D eigenvalue weighted by atomic mass is 9.87. The van der Waals surface area contributed by atoms with E-state index in [-0.39, 0.29) is 0 Å². The zero-order valence-electron chi connectivity index (χ0n) is 27.2. The predicted molar refractivity (Wildman–Crippen MR) is 208 cm³/mol. The lowest BCUT2D eigenvalue weighted by Crippen LogP contribution is -1.96. The summed E-state index contributed by atoms with van der Waals surface area (Å²) in [4.78, 5) is 14.8. The summed E-state index contributed by atoms with van der Waals surface area (Å²) < 4.78 is 2.20. The molecule has 0 aliphatic carbocycles. The highest BCUT2D eigenvalue weighted by Gasteiger charge is 2.17. The fourth-order valence-corrected chi connectivity index (χ4v) is 8.32. The first-order valence-corrected chi connectivity index (χ1v) is 17.0. The van der Waals surface area contributed by atoms with E-state index in [1.807, 2.05) is 18.5 Å². The van der Waals surface area contributed by atoms with Crippen LogP contribution in [0.2, 0.25) is 0 Å². The van der Waals surface area contributed by atoms with Gasteiger partial charge in [-0.2, -0.15) is 0 Å². The number of benzene rings is 8. The molecule has 232 valence electrons. The summed E-state index contributed by atoms with van der Waals surface area (Å²) in [6, 6.07) is 50.5. The molecule has 0 fully saturated rings. The Morgan fingerprint density at radius 3 is 1.66 bits per heavy atom. The maximum Gasteiger partial charge on any atom is 0.159 e. The van der Waals surface area contributed by atoms with Gasteiger partial charge >= 0.3 is 0 Å². The average molecular weight is 637 g/mol. The molecule has 0 atom stereocenters. The van der Waals surface area contributed by atoms with Crippen LogP contribution in [0.25, 0.3) is 104 Å². The van der Waals surface area contributed by atoms with Crippen LogP contribution >= 0.6 is 0 Å². The first kappa shape index (κ1) is 27.3. The van der Waals surface area contributed by atoms with Crippen molar-refractivity contribution in [2.45, 2.75) is 6.92 Å². The number of aromatic nitrogens is 4. The number of rotatable bonds is 3. The molecular formula is C46H28N4. The molecule has 0 unspecified atom stereocenters. The van der Waals surface area contributed by atoms with Crippen LogP contribution in [0.5, 0.6) is 0 Å². The minimum absolute atomic E-state index is 0.707. The van der Waals surface area contributed by atoms with Crippen molar-refractivity contribution in [3.63, 3.8) is 0 Å².